The van der Waals surface area contributed by atoms with Crippen molar-refractivity contribution < 1.29 is 34.7 Å². The molecule has 12 heteroatoms. The Labute approximate surface area is 368 Å². The van der Waals surface area contributed by atoms with Crippen molar-refractivity contribution in [2.75, 3.05) is 26.2 Å². The number of allylic oxidation sites excluding steroid dienone is 2. The van der Waals surface area contributed by atoms with Crippen molar-refractivity contribution >= 4 is 0 Å². The molecule has 12 nitrogen and oxygen atoms in total. The Morgan fingerprint density at radius 2 is 1.87 bits per heavy atom. The fraction of sp³-hybridized carbons (Fsp3) is 0.640. The summed E-state index contributed by atoms with van der Waals surface area (Å²) in [6.07, 6.45) is 19.2. The third-order valence-corrected chi connectivity index (χ3v) is 14.5. The van der Waals surface area contributed by atoms with Gasteiger partial charge in [-0.3, -0.25) is 0 Å². The summed E-state index contributed by atoms with van der Waals surface area (Å²) < 4.78 is 12.3. The van der Waals surface area contributed by atoms with Gasteiger partial charge in [0.25, 0.3) is 0 Å². The van der Waals surface area contributed by atoms with Crippen LogP contribution >= 0.6 is 0 Å². The summed E-state index contributed by atoms with van der Waals surface area (Å²) in [6.45, 7) is 3.86. The molecule has 342 valence electrons. The molecule has 3 heterocycles. The average Bonchev–Trinajstić information content (AvgIpc) is 3.99. The molecular weight excluding hydrogens is 783 g/mol. The SMILES string of the molecule is CC(O)CNCC1c2cc(C(O)COc3cc(CCc4cc(CO)c(CCCCC5CCC(CC(O)CCC6=CCNC(N)=C6)C(N)C5)o4)ccc3O)[nH]c2CCC2CCCC21. The Morgan fingerprint density at radius 3 is 2.68 bits per heavy atom. The molecule has 62 heavy (non-hydrogen) atoms. The first kappa shape index (κ1) is 46.2. The van der Waals surface area contributed by atoms with E-state index in [0.717, 1.165) is 124 Å². The Kier molecular flexibility index (Phi) is 16.6. The molecule has 0 spiro atoms. The zero-order chi connectivity index (χ0) is 43.6. The van der Waals surface area contributed by atoms with Crippen LogP contribution in [0.4, 0.5) is 0 Å². The number of aryl methyl sites for hydroxylation is 4. The van der Waals surface area contributed by atoms with E-state index in [4.69, 9.17) is 20.6 Å². The number of aliphatic hydroxyl groups excluding tert-OH is 4. The van der Waals surface area contributed by atoms with Crippen LogP contribution in [-0.2, 0) is 32.3 Å². The Balaban J connectivity index is 0.840. The smallest absolute Gasteiger partial charge is 0.161 e. The van der Waals surface area contributed by atoms with Gasteiger partial charge in [0.05, 0.1) is 24.6 Å². The molecule has 0 radical (unpaired) electrons. The summed E-state index contributed by atoms with van der Waals surface area (Å²) >= 11 is 0. The van der Waals surface area contributed by atoms with Crippen LogP contribution in [0.3, 0.4) is 0 Å². The van der Waals surface area contributed by atoms with E-state index in [1.807, 2.05) is 24.3 Å². The maximum absolute atomic E-state index is 11.3. The van der Waals surface area contributed by atoms with Gasteiger partial charge in [0, 0.05) is 61.4 Å². The minimum absolute atomic E-state index is 0.000540. The molecule has 9 unspecified atom stereocenters. The highest BCUT2D eigenvalue weighted by Crippen LogP contribution is 2.47. The molecule has 2 fully saturated rings. The standard InChI is InChI=1S/C50H75N5O7/c1-31(57)27-53-28-42-40-7-4-6-35(40)14-17-44-41(42)26-45(55-44)47(60)30-61-49-22-33(12-18-46(49)59)11-16-39-25-37(29-56)48(62-39)8-3-2-5-32-9-13-36(43(51)21-32)24-38(58)15-10-34-19-20-54-50(52)23-34/h12,18-19,22-23,25-26,31-32,35-36,38,40,42-43,47,53-60H,2-11,13-17,20-21,24,27-30,51-52H2,1H3. The highest BCUT2D eigenvalue weighted by atomic mass is 16.5. The van der Waals surface area contributed by atoms with Crippen molar-refractivity contribution in [1.82, 2.24) is 15.6 Å². The number of phenols is 1. The molecule has 12 N–H and O–H groups in total. The van der Waals surface area contributed by atoms with Crippen LogP contribution < -0.4 is 26.8 Å². The Bertz CT molecular complexity index is 1940. The third-order valence-electron chi connectivity index (χ3n) is 14.5. The minimum atomic E-state index is -0.886. The van der Waals surface area contributed by atoms with Gasteiger partial charge in [0.2, 0.25) is 0 Å². The third kappa shape index (κ3) is 12.5. The summed E-state index contributed by atoms with van der Waals surface area (Å²) in [5.41, 5.74) is 18.8. The number of nitrogens with two attached hydrogens (primary N) is 2. The summed E-state index contributed by atoms with van der Waals surface area (Å²) in [7, 11) is 0. The first-order chi connectivity index (χ1) is 30.0. The fourth-order valence-corrected chi connectivity index (χ4v) is 11.0. The van der Waals surface area contributed by atoms with Crippen molar-refractivity contribution in [2.45, 2.75) is 153 Å². The molecule has 9 atom stereocenters. The molecule has 3 aromatic rings. The molecule has 2 aromatic heterocycles. The van der Waals surface area contributed by atoms with Gasteiger partial charge in [-0.2, -0.15) is 0 Å². The van der Waals surface area contributed by atoms with E-state index in [1.165, 1.54) is 36.1 Å². The van der Waals surface area contributed by atoms with E-state index in [-0.39, 0.29) is 31.1 Å². The number of fused-ring (bicyclic) bond motifs is 2. The van der Waals surface area contributed by atoms with Crippen LogP contribution in [0.2, 0.25) is 0 Å². The van der Waals surface area contributed by atoms with Crippen molar-refractivity contribution in [3.8, 4) is 11.5 Å². The van der Waals surface area contributed by atoms with Gasteiger partial charge in [0.1, 0.15) is 24.2 Å². The molecule has 0 amide bonds. The topological polar surface area (TPSA) is 215 Å². The summed E-state index contributed by atoms with van der Waals surface area (Å²) in [4.78, 5) is 3.54. The van der Waals surface area contributed by atoms with Gasteiger partial charge in [-0.25, -0.2) is 0 Å². The lowest BCUT2D eigenvalue weighted by atomic mass is 9.74. The van der Waals surface area contributed by atoms with Crippen molar-refractivity contribution in [1.29, 1.82) is 0 Å². The zero-order valence-electron chi connectivity index (χ0n) is 37.0. The molecule has 3 aliphatic carbocycles. The molecule has 1 aliphatic heterocycles. The largest absolute Gasteiger partial charge is 0.504 e. The number of unbranched alkanes of at least 4 members (excludes halogenated alkanes) is 1. The number of furan rings is 1. The number of hydrogen-bond donors (Lipinski definition) is 10. The second kappa shape index (κ2) is 22.2. The highest BCUT2D eigenvalue weighted by Gasteiger charge is 2.38. The van der Waals surface area contributed by atoms with E-state index in [0.29, 0.717) is 54.6 Å². The first-order valence-corrected chi connectivity index (χ1v) is 23.8. The number of aliphatic hydroxyl groups is 4. The lowest BCUT2D eigenvalue weighted by Crippen LogP contribution is -2.38. The van der Waals surface area contributed by atoms with Crippen molar-refractivity contribution in [3.63, 3.8) is 0 Å². The van der Waals surface area contributed by atoms with Crippen LogP contribution in [0.25, 0.3) is 0 Å². The predicted octanol–water partition coefficient (Wildman–Crippen LogP) is 6.44. The minimum Gasteiger partial charge on any atom is -0.504 e. The predicted molar refractivity (Wildman–Crippen MR) is 242 cm³/mol. The van der Waals surface area contributed by atoms with Crippen LogP contribution in [0, 0.1) is 23.7 Å². The molecule has 0 saturated heterocycles. The van der Waals surface area contributed by atoms with E-state index in [1.54, 1.807) is 13.0 Å². The number of benzene rings is 1. The second-order valence-corrected chi connectivity index (χ2v) is 19.2. The number of aromatic hydroxyl groups is 1. The maximum Gasteiger partial charge on any atom is 0.161 e. The van der Waals surface area contributed by atoms with E-state index >= 15 is 0 Å². The lowest BCUT2D eigenvalue weighted by molar-refractivity contribution is 0.103. The van der Waals surface area contributed by atoms with E-state index in [2.05, 4.69) is 27.8 Å². The zero-order valence-corrected chi connectivity index (χ0v) is 37.0. The number of rotatable bonds is 22. The maximum atomic E-state index is 11.3. The molecule has 1 aromatic carbocycles. The summed E-state index contributed by atoms with van der Waals surface area (Å²) in [6, 6.07) is 9.55. The second-order valence-electron chi connectivity index (χ2n) is 19.2. The number of aromatic nitrogens is 1. The molecule has 2 saturated carbocycles. The van der Waals surface area contributed by atoms with E-state index < -0.39 is 12.2 Å². The number of nitrogens with one attached hydrogen (secondary N) is 3. The van der Waals surface area contributed by atoms with Crippen LogP contribution in [0.1, 0.15) is 142 Å². The van der Waals surface area contributed by atoms with Crippen LogP contribution in [0.15, 0.2) is 58.3 Å². The van der Waals surface area contributed by atoms with Gasteiger partial charge >= 0.3 is 0 Å². The quantitative estimate of drug-likeness (QED) is 0.0497. The summed E-state index contributed by atoms with van der Waals surface area (Å²) in [5, 5.41) is 59.3. The average molecular weight is 858 g/mol. The van der Waals surface area contributed by atoms with Crippen LogP contribution in [-0.4, -0.2) is 75.0 Å². The van der Waals surface area contributed by atoms with Gasteiger partial charge in [-0.05, 0) is 142 Å². The number of H-pyrrole nitrogens is 1. The highest BCUT2D eigenvalue weighted by molar-refractivity contribution is 5.42. The molecule has 7 rings (SSSR count). The fourth-order valence-electron chi connectivity index (χ4n) is 11.0. The van der Waals surface area contributed by atoms with Gasteiger partial charge in [-0.15, -0.1) is 0 Å². The lowest BCUT2D eigenvalue weighted by Gasteiger charge is -2.35. The Hall–Kier alpha value is -3.78. The van der Waals surface area contributed by atoms with Gasteiger partial charge in [0.15, 0.2) is 11.5 Å². The van der Waals surface area contributed by atoms with Gasteiger partial charge < -0.3 is 61.8 Å². The number of phenolic OH excluding ortho intramolecular Hbond substituents is 1. The van der Waals surface area contributed by atoms with Crippen molar-refractivity contribution in [3.05, 3.63) is 93.5 Å². The first-order valence-electron chi connectivity index (χ1n) is 23.8. The molecular formula is C50H75N5O7. The number of dihydropyridines is 1. The van der Waals surface area contributed by atoms with Gasteiger partial charge in [-0.1, -0.05) is 44.2 Å². The Morgan fingerprint density at radius 1 is 1.00 bits per heavy atom. The van der Waals surface area contributed by atoms with Crippen LogP contribution in [0.5, 0.6) is 11.5 Å². The van der Waals surface area contributed by atoms with E-state index in [9.17, 15) is 25.5 Å². The number of aromatic amines is 1. The monoisotopic (exact) mass is 858 g/mol. The normalized spacial score (nSPS) is 25.2. The molecule has 4 aliphatic rings. The number of hydrogen-bond acceptors (Lipinski definition) is 11. The van der Waals surface area contributed by atoms with Crippen molar-refractivity contribution in [2.24, 2.45) is 35.1 Å². The summed E-state index contributed by atoms with van der Waals surface area (Å²) in [5.74, 6) is 5.35. The molecule has 0 bridgehead atoms. The number of ether oxygens (including phenoxy) is 1.